The van der Waals surface area contributed by atoms with Gasteiger partial charge in [0, 0.05) is 22.8 Å². The number of halogens is 1. The van der Waals surface area contributed by atoms with Gasteiger partial charge in [0.2, 0.25) is 0 Å². The van der Waals surface area contributed by atoms with Crippen molar-refractivity contribution in [1.82, 2.24) is 5.32 Å². The quantitative estimate of drug-likeness (QED) is 0.734. The van der Waals surface area contributed by atoms with Crippen molar-refractivity contribution in [2.75, 3.05) is 11.9 Å². The van der Waals surface area contributed by atoms with Crippen molar-refractivity contribution in [2.45, 2.75) is 13.0 Å². The number of hydrogen-bond donors (Lipinski definition) is 3. The first kappa shape index (κ1) is 17.0. The Morgan fingerprint density at radius 3 is 2.48 bits per heavy atom. The number of anilines is 1. The monoisotopic (exact) mass is 332 g/mol. The SMILES string of the molecule is CC(=O)c1ccc(NC(=O)NCC(O)c2cccc(Cl)c2)cc1. The highest BCUT2D eigenvalue weighted by molar-refractivity contribution is 6.30. The van der Waals surface area contributed by atoms with Gasteiger partial charge in [0.1, 0.15) is 0 Å². The molecule has 6 heteroatoms. The first-order valence-electron chi connectivity index (χ1n) is 7.05. The summed E-state index contributed by atoms with van der Waals surface area (Å²) in [4.78, 5) is 23.0. The summed E-state index contributed by atoms with van der Waals surface area (Å²) >= 11 is 5.86. The normalized spacial score (nSPS) is 11.6. The Labute approximate surface area is 139 Å². The third-order valence-corrected chi connectivity index (χ3v) is 3.47. The second-order valence-corrected chi connectivity index (χ2v) is 5.48. The number of amides is 2. The highest BCUT2D eigenvalue weighted by Gasteiger charge is 2.10. The van der Waals surface area contributed by atoms with E-state index in [2.05, 4.69) is 10.6 Å². The number of Topliss-reactive ketones (excluding diaryl/α,β-unsaturated/α-hetero) is 1. The second-order valence-electron chi connectivity index (χ2n) is 5.04. The number of nitrogens with one attached hydrogen (secondary N) is 2. The molecule has 0 saturated heterocycles. The fraction of sp³-hybridized carbons (Fsp3) is 0.176. The largest absolute Gasteiger partial charge is 0.387 e. The van der Waals surface area contributed by atoms with E-state index in [-0.39, 0.29) is 12.3 Å². The standard InChI is InChI=1S/C17H17ClN2O3/c1-11(21)12-5-7-15(8-6-12)20-17(23)19-10-16(22)13-3-2-4-14(18)9-13/h2-9,16,22H,10H2,1H3,(H2,19,20,23). The lowest BCUT2D eigenvalue weighted by atomic mass is 10.1. The summed E-state index contributed by atoms with van der Waals surface area (Å²) in [6, 6.07) is 12.9. The molecule has 0 bridgehead atoms. The van der Waals surface area contributed by atoms with Crippen LogP contribution in [0.4, 0.5) is 10.5 Å². The number of ketones is 1. The van der Waals surface area contributed by atoms with E-state index < -0.39 is 12.1 Å². The molecule has 0 aliphatic carbocycles. The summed E-state index contributed by atoms with van der Waals surface area (Å²) in [5.41, 5.74) is 1.76. The Morgan fingerprint density at radius 1 is 1.17 bits per heavy atom. The lowest BCUT2D eigenvalue weighted by Crippen LogP contribution is -2.32. The van der Waals surface area contributed by atoms with Crippen molar-refractivity contribution < 1.29 is 14.7 Å². The Balaban J connectivity index is 1.86. The third-order valence-electron chi connectivity index (χ3n) is 3.24. The van der Waals surface area contributed by atoms with Crippen LogP contribution in [0.1, 0.15) is 28.9 Å². The number of carbonyl (C=O) groups excluding carboxylic acids is 2. The van der Waals surface area contributed by atoms with Crippen LogP contribution in [0.3, 0.4) is 0 Å². The van der Waals surface area contributed by atoms with Crippen molar-refractivity contribution in [3.8, 4) is 0 Å². The molecule has 5 nitrogen and oxygen atoms in total. The topological polar surface area (TPSA) is 78.4 Å². The van der Waals surface area contributed by atoms with Gasteiger partial charge in [0.05, 0.1) is 6.10 Å². The maximum atomic E-state index is 11.8. The van der Waals surface area contributed by atoms with Gasteiger partial charge >= 0.3 is 6.03 Å². The van der Waals surface area contributed by atoms with Gasteiger partial charge in [0.25, 0.3) is 0 Å². The maximum absolute atomic E-state index is 11.8. The van der Waals surface area contributed by atoms with Crippen LogP contribution < -0.4 is 10.6 Å². The molecule has 0 aliphatic rings. The second kappa shape index (κ2) is 7.76. The molecule has 1 unspecified atom stereocenters. The number of urea groups is 1. The average molecular weight is 333 g/mol. The number of hydrogen-bond acceptors (Lipinski definition) is 3. The van der Waals surface area contributed by atoms with E-state index in [0.717, 1.165) is 0 Å². The molecule has 0 fully saturated rings. The van der Waals surface area contributed by atoms with Crippen LogP contribution in [0.5, 0.6) is 0 Å². The van der Waals surface area contributed by atoms with Crippen LogP contribution in [0, 0.1) is 0 Å². The van der Waals surface area contributed by atoms with Crippen molar-refractivity contribution >= 4 is 29.1 Å². The van der Waals surface area contributed by atoms with E-state index in [4.69, 9.17) is 11.6 Å². The van der Waals surface area contributed by atoms with E-state index in [0.29, 0.717) is 21.8 Å². The van der Waals surface area contributed by atoms with Crippen molar-refractivity contribution in [3.63, 3.8) is 0 Å². The molecule has 2 aromatic carbocycles. The fourth-order valence-corrected chi connectivity index (χ4v) is 2.18. The fourth-order valence-electron chi connectivity index (χ4n) is 1.98. The molecule has 2 aromatic rings. The number of aliphatic hydroxyl groups excluding tert-OH is 1. The van der Waals surface area contributed by atoms with Crippen molar-refractivity contribution in [2.24, 2.45) is 0 Å². The summed E-state index contributed by atoms with van der Waals surface area (Å²) in [6.07, 6.45) is -0.848. The summed E-state index contributed by atoms with van der Waals surface area (Å²) in [5, 5.41) is 15.7. The zero-order chi connectivity index (χ0) is 16.8. The van der Waals surface area contributed by atoms with Gasteiger partial charge in [-0.2, -0.15) is 0 Å². The number of rotatable bonds is 5. The molecule has 1 atom stereocenters. The molecule has 0 saturated carbocycles. The van der Waals surface area contributed by atoms with Crippen LogP contribution in [0.15, 0.2) is 48.5 Å². The Hall–Kier alpha value is -2.37. The number of benzene rings is 2. The lowest BCUT2D eigenvalue weighted by Gasteiger charge is -2.13. The molecule has 2 amide bonds. The molecular weight excluding hydrogens is 316 g/mol. The molecule has 0 spiro atoms. The van der Waals surface area contributed by atoms with Crippen LogP contribution in [-0.4, -0.2) is 23.5 Å². The zero-order valence-electron chi connectivity index (χ0n) is 12.5. The smallest absolute Gasteiger partial charge is 0.319 e. The number of carbonyl (C=O) groups is 2. The highest BCUT2D eigenvalue weighted by atomic mass is 35.5. The first-order valence-corrected chi connectivity index (χ1v) is 7.43. The van der Waals surface area contributed by atoms with Crippen molar-refractivity contribution in [1.29, 1.82) is 0 Å². The van der Waals surface area contributed by atoms with E-state index in [1.165, 1.54) is 6.92 Å². The first-order chi connectivity index (χ1) is 11.0. The van der Waals surface area contributed by atoms with E-state index in [1.807, 2.05) is 0 Å². The maximum Gasteiger partial charge on any atom is 0.319 e. The summed E-state index contributed by atoms with van der Waals surface area (Å²) in [5.74, 6) is -0.0364. The summed E-state index contributed by atoms with van der Waals surface area (Å²) < 4.78 is 0. The number of aliphatic hydroxyl groups is 1. The molecule has 0 heterocycles. The average Bonchev–Trinajstić information content (AvgIpc) is 2.53. The van der Waals surface area contributed by atoms with Gasteiger partial charge < -0.3 is 15.7 Å². The lowest BCUT2D eigenvalue weighted by molar-refractivity contribution is 0.101. The van der Waals surface area contributed by atoms with Gasteiger partial charge in [0.15, 0.2) is 5.78 Å². The Kier molecular flexibility index (Phi) is 5.73. The minimum atomic E-state index is -0.848. The van der Waals surface area contributed by atoms with E-state index in [1.54, 1.807) is 48.5 Å². The third kappa shape index (κ3) is 5.09. The molecule has 3 N–H and O–H groups in total. The molecule has 0 aromatic heterocycles. The minimum Gasteiger partial charge on any atom is -0.387 e. The predicted molar refractivity (Wildman–Crippen MR) is 89.9 cm³/mol. The zero-order valence-corrected chi connectivity index (χ0v) is 13.3. The molecular formula is C17H17ClN2O3. The predicted octanol–water partition coefficient (Wildman–Crippen LogP) is 3.40. The highest BCUT2D eigenvalue weighted by Crippen LogP contribution is 2.17. The van der Waals surface area contributed by atoms with Crippen LogP contribution >= 0.6 is 11.6 Å². The van der Waals surface area contributed by atoms with Gasteiger partial charge in [-0.25, -0.2) is 4.79 Å². The van der Waals surface area contributed by atoms with Crippen LogP contribution in [0.2, 0.25) is 5.02 Å². The molecule has 120 valence electrons. The van der Waals surface area contributed by atoms with Gasteiger partial charge in [-0.15, -0.1) is 0 Å². The van der Waals surface area contributed by atoms with Gasteiger partial charge in [-0.3, -0.25) is 4.79 Å². The van der Waals surface area contributed by atoms with Crippen LogP contribution in [0.25, 0.3) is 0 Å². The molecule has 0 radical (unpaired) electrons. The summed E-state index contributed by atoms with van der Waals surface area (Å²) in [6.45, 7) is 1.53. The van der Waals surface area contributed by atoms with Gasteiger partial charge in [-0.1, -0.05) is 23.7 Å². The van der Waals surface area contributed by atoms with Crippen LogP contribution in [-0.2, 0) is 0 Å². The Bertz CT molecular complexity index is 701. The molecule has 2 rings (SSSR count). The Morgan fingerprint density at radius 2 is 1.87 bits per heavy atom. The van der Waals surface area contributed by atoms with Gasteiger partial charge in [-0.05, 0) is 48.9 Å². The van der Waals surface area contributed by atoms with E-state index >= 15 is 0 Å². The molecule has 23 heavy (non-hydrogen) atoms. The van der Waals surface area contributed by atoms with E-state index in [9.17, 15) is 14.7 Å². The van der Waals surface area contributed by atoms with Crippen molar-refractivity contribution in [3.05, 3.63) is 64.7 Å². The molecule has 0 aliphatic heterocycles. The summed E-state index contributed by atoms with van der Waals surface area (Å²) in [7, 11) is 0. The minimum absolute atomic E-state index is 0.0364.